The second-order valence-corrected chi connectivity index (χ2v) is 6.74. The Morgan fingerprint density at radius 1 is 0.727 bits per heavy atom. The van der Waals surface area contributed by atoms with Crippen LogP contribution in [0.2, 0.25) is 0 Å². The molecule has 0 fully saturated rings. The van der Waals surface area contributed by atoms with Crippen molar-refractivity contribution in [3.63, 3.8) is 0 Å². The maximum atomic E-state index is 2.33. The molecule has 1 heterocycles. The molecule has 0 aliphatic rings. The van der Waals surface area contributed by atoms with E-state index in [1.54, 1.807) is 0 Å². The van der Waals surface area contributed by atoms with E-state index >= 15 is 0 Å². The van der Waals surface area contributed by atoms with E-state index in [1.807, 2.05) is 0 Å². The third-order valence-corrected chi connectivity index (χ3v) is 4.47. The predicted octanol–water partition coefficient (Wildman–Crippen LogP) is 6.24. The smallest absolute Gasteiger partial charge is 0.171 e. The molecule has 0 aliphatic heterocycles. The highest BCUT2D eigenvalue weighted by Crippen LogP contribution is 2.12. The van der Waals surface area contributed by atoms with Gasteiger partial charge in [0.1, 0.15) is 6.54 Å². The molecule has 0 radical (unpaired) electrons. The van der Waals surface area contributed by atoms with Crippen molar-refractivity contribution >= 4 is 0 Å². The minimum atomic E-state index is 1.14. The minimum absolute atomic E-state index is 1.14. The van der Waals surface area contributed by atoms with Crippen molar-refractivity contribution in [3.8, 4) is 0 Å². The number of aryl methyl sites for hydroxylation is 2. The van der Waals surface area contributed by atoms with Crippen molar-refractivity contribution in [2.45, 2.75) is 104 Å². The molecule has 0 atom stereocenters. The largest absolute Gasteiger partial charge is 0.205 e. The Labute approximate surface area is 139 Å². The molecule has 1 rings (SSSR count). The van der Waals surface area contributed by atoms with E-state index in [1.165, 1.54) is 89.0 Å². The van der Waals surface area contributed by atoms with Crippen LogP contribution in [0, 0.1) is 0 Å². The summed E-state index contributed by atoms with van der Waals surface area (Å²) in [6.45, 7) is 5.67. The van der Waals surface area contributed by atoms with E-state index in [0.717, 1.165) is 6.54 Å². The lowest BCUT2D eigenvalue weighted by Crippen LogP contribution is -2.32. The van der Waals surface area contributed by atoms with Gasteiger partial charge in [-0.25, -0.2) is 4.57 Å². The second kappa shape index (κ2) is 13.8. The molecule has 0 aromatic carbocycles. The van der Waals surface area contributed by atoms with Crippen LogP contribution in [-0.4, -0.2) is 0 Å². The summed E-state index contributed by atoms with van der Waals surface area (Å²) in [7, 11) is 0. The highest BCUT2D eigenvalue weighted by molar-refractivity contribution is 5.05. The summed E-state index contributed by atoms with van der Waals surface area (Å²) in [5, 5.41) is 0. The third-order valence-electron chi connectivity index (χ3n) is 4.47. The van der Waals surface area contributed by atoms with Gasteiger partial charge in [0.05, 0.1) is 0 Å². The van der Waals surface area contributed by atoms with Crippen molar-refractivity contribution in [2.75, 3.05) is 0 Å². The molecule has 0 saturated heterocycles. The van der Waals surface area contributed by atoms with Crippen LogP contribution < -0.4 is 4.57 Å². The summed E-state index contributed by atoms with van der Waals surface area (Å²) in [6.07, 6.45) is 22.7. The first-order chi connectivity index (χ1) is 10.9. The Hall–Kier alpha value is -0.850. The minimum Gasteiger partial charge on any atom is -0.205 e. The van der Waals surface area contributed by atoms with Gasteiger partial charge in [0.25, 0.3) is 0 Å². The van der Waals surface area contributed by atoms with Crippen LogP contribution in [0.25, 0.3) is 0 Å². The fraction of sp³-hybridized carbons (Fsp3) is 0.762. The Kier molecular flexibility index (Phi) is 12.0. The Bertz CT molecular complexity index is 359. The van der Waals surface area contributed by atoms with Crippen LogP contribution in [0.5, 0.6) is 0 Å². The molecule has 0 saturated carbocycles. The molecule has 0 amide bonds. The van der Waals surface area contributed by atoms with E-state index in [4.69, 9.17) is 0 Å². The molecule has 1 heteroatoms. The van der Waals surface area contributed by atoms with E-state index < -0.39 is 0 Å². The van der Waals surface area contributed by atoms with Crippen LogP contribution >= 0.6 is 0 Å². The van der Waals surface area contributed by atoms with Gasteiger partial charge in [-0.15, -0.1) is 0 Å². The summed E-state index contributed by atoms with van der Waals surface area (Å²) in [6, 6.07) is 4.48. The van der Waals surface area contributed by atoms with E-state index in [9.17, 15) is 0 Å². The highest BCUT2D eigenvalue weighted by atomic mass is 14.9. The van der Waals surface area contributed by atoms with Crippen LogP contribution in [-0.2, 0) is 13.0 Å². The van der Waals surface area contributed by atoms with E-state index in [-0.39, 0.29) is 0 Å². The first-order valence-electron chi connectivity index (χ1n) is 9.84. The zero-order valence-corrected chi connectivity index (χ0v) is 15.2. The van der Waals surface area contributed by atoms with Gasteiger partial charge in [-0.1, -0.05) is 78.1 Å². The average Bonchev–Trinajstić information content (AvgIpc) is 2.53. The van der Waals surface area contributed by atoms with Crippen molar-refractivity contribution < 1.29 is 4.57 Å². The summed E-state index contributed by atoms with van der Waals surface area (Å²) in [4.78, 5) is 0. The molecule has 1 nitrogen and oxygen atoms in total. The first kappa shape index (κ1) is 19.2. The monoisotopic (exact) mass is 304 g/mol. The molecule has 0 aliphatic carbocycles. The lowest BCUT2D eigenvalue weighted by Gasteiger charge is -2.03. The molecule has 22 heavy (non-hydrogen) atoms. The van der Waals surface area contributed by atoms with Gasteiger partial charge in [-0.2, -0.15) is 0 Å². The topological polar surface area (TPSA) is 3.88 Å². The molecule has 0 bridgehead atoms. The molecule has 0 N–H and O–H groups in total. The molecule has 126 valence electrons. The molecule has 0 unspecified atom stereocenters. The number of hydrogen-bond acceptors (Lipinski definition) is 0. The highest BCUT2D eigenvalue weighted by Gasteiger charge is 2.01. The summed E-state index contributed by atoms with van der Waals surface area (Å²) < 4.78 is 2.33. The zero-order chi connectivity index (χ0) is 15.9. The van der Waals surface area contributed by atoms with Gasteiger partial charge in [-0.3, -0.25) is 0 Å². The van der Waals surface area contributed by atoms with Crippen LogP contribution in [0.1, 0.15) is 96.5 Å². The van der Waals surface area contributed by atoms with Crippen LogP contribution in [0.3, 0.4) is 0 Å². The summed E-state index contributed by atoms with van der Waals surface area (Å²) >= 11 is 0. The van der Waals surface area contributed by atoms with Crippen molar-refractivity contribution in [3.05, 3.63) is 30.1 Å². The first-order valence-corrected chi connectivity index (χ1v) is 9.84. The third kappa shape index (κ3) is 9.97. The van der Waals surface area contributed by atoms with E-state index in [2.05, 4.69) is 42.9 Å². The normalized spacial score (nSPS) is 11.0. The van der Waals surface area contributed by atoms with Crippen LogP contribution in [0.4, 0.5) is 0 Å². The average molecular weight is 305 g/mol. The van der Waals surface area contributed by atoms with Crippen molar-refractivity contribution in [1.29, 1.82) is 0 Å². The fourth-order valence-electron chi connectivity index (χ4n) is 3.11. The quantitative estimate of drug-likeness (QED) is 0.283. The molecule has 1 aromatic heterocycles. The molecular formula is C21H38N+. The van der Waals surface area contributed by atoms with Gasteiger partial charge in [0, 0.05) is 18.1 Å². The number of pyridine rings is 1. The van der Waals surface area contributed by atoms with Gasteiger partial charge in [0.2, 0.25) is 0 Å². The Morgan fingerprint density at radius 3 is 1.91 bits per heavy atom. The Balaban J connectivity index is 1.94. The maximum Gasteiger partial charge on any atom is 0.171 e. The second-order valence-electron chi connectivity index (χ2n) is 6.74. The summed E-state index contributed by atoms with van der Waals surface area (Å²) in [5.74, 6) is 0. The van der Waals surface area contributed by atoms with E-state index in [0.29, 0.717) is 0 Å². The molecule has 0 spiro atoms. The zero-order valence-electron chi connectivity index (χ0n) is 15.2. The number of hydrogen-bond donors (Lipinski definition) is 0. The van der Waals surface area contributed by atoms with Crippen molar-refractivity contribution in [2.24, 2.45) is 0 Å². The molecular weight excluding hydrogens is 266 g/mol. The van der Waals surface area contributed by atoms with Gasteiger partial charge < -0.3 is 0 Å². The predicted molar refractivity (Wildman–Crippen MR) is 97.1 cm³/mol. The van der Waals surface area contributed by atoms with Gasteiger partial charge in [-0.05, 0) is 18.9 Å². The maximum absolute atomic E-state index is 2.33. The lowest BCUT2D eigenvalue weighted by atomic mass is 10.0. The van der Waals surface area contributed by atoms with Crippen LogP contribution in [0.15, 0.2) is 24.5 Å². The fourth-order valence-corrected chi connectivity index (χ4v) is 3.11. The Morgan fingerprint density at radius 2 is 1.32 bits per heavy atom. The number of aromatic nitrogens is 1. The van der Waals surface area contributed by atoms with Gasteiger partial charge in [0.15, 0.2) is 12.4 Å². The summed E-state index contributed by atoms with van der Waals surface area (Å²) in [5.41, 5.74) is 1.51. The number of unbranched alkanes of at least 4 members (excludes halogenated alkanes) is 10. The lowest BCUT2D eigenvalue weighted by molar-refractivity contribution is -0.697. The molecule has 1 aromatic rings. The SMILES string of the molecule is CCCCCCCCCCCCCc1ccc[n+](CCC)c1. The van der Waals surface area contributed by atoms with Gasteiger partial charge >= 0.3 is 0 Å². The standard InChI is InChI=1S/C21H38N/c1-3-5-6-7-8-9-10-11-12-13-14-16-21-17-15-19-22(20-21)18-4-2/h15,17,19-20H,3-14,16,18H2,1-2H3/q+1. The van der Waals surface area contributed by atoms with Crippen molar-refractivity contribution in [1.82, 2.24) is 0 Å². The number of nitrogens with zero attached hydrogens (tertiary/aromatic N) is 1. The number of rotatable bonds is 14.